The number of nitriles is 3. The first-order chi connectivity index (χ1) is 66.2. The van der Waals surface area contributed by atoms with Crippen molar-refractivity contribution in [3.05, 3.63) is 178 Å². The Kier molecular flexibility index (Phi) is 59.1. The molecule has 14 atom stereocenters. The number of carbonyl (C=O) groups is 10. The fraction of sp³-hybridized carbons (Fsp3) is 0.598. The first kappa shape index (κ1) is 127. The quantitative estimate of drug-likeness (QED) is 0.0166. The first-order valence-corrected chi connectivity index (χ1v) is 48.7. The van der Waals surface area contributed by atoms with Crippen molar-refractivity contribution in [1.82, 2.24) is 60.5 Å². The van der Waals surface area contributed by atoms with Crippen molar-refractivity contribution in [2.75, 3.05) is 121 Å². The van der Waals surface area contributed by atoms with Crippen molar-refractivity contribution in [3.8, 4) is 18.2 Å². The number of piperidine rings is 6. The third-order valence-corrected chi connectivity index (χ3v) is 25.2. The highest BCUT2D eigenvalue weighted by Gasteiger charge is 2.39. The van der Waals surface area contributed by atoms with Crippen LogP contribution in [0.2, 0.25) is 0 Å². The lowest BCUT2D eigenvalue weighted by molar-refractivity contribution is -0.229. The molecule has 0 radical (unpaired) electrons. The zero-order chi connectivity index (χ0) is 104. The molecule has 0 bridgehead atoms. The summed E-state index contributed by atoms with van der Waals surface area (Å²) in [6.45, 7) is 48.3. The average molecular weight is 2020 g/mol. The fourth-order valence-electron chi connectivity index (χ4n) is 16.5. The van der Waals surface area contributed by atoms with E-state index >= 15 is 0 Å². The van der Waals surface area contributed by atoms with E-state index < -0.39 is 53.7 Å². The Hall–Kier alpha value is -11.0. The highest BCUT2D eigenvalue weighted by molar-refractivity contribution is 5.90. The predicted molar refractivity (Wildman–Crippen MR) is 554 cm³/mol. The number of carbonyl (C=O) groups excluding carboxylic acids is 9. The van der Waals surface area contributed by atoms with Gasteiger partial charge in [0.05, 0.1) is 41.4 Å². The van der Waals surface area contributed by atoms with Crippen LogP contribution in [0.3, 0.4) is 0 Å². The van der Waals surface area contributed by atoms with Gasteiger partial charge >= 0.3 is 48.8 Å². The van der Waals surface area contributed by atoms with Crippen LogP contribution in [0.1, 0.15) is 210 Å². The molecule has 5 amide bonds. The Morgan fingerprint density at radius 2 is 0.718 bits per heavy atom. The molecule has 6 fully saturated rings. The van der Waals surface area contributed by atoms with Crippen LogP contribution in [0.25, 0.3) is 0 Å². The molecular formula is C107H163Cl2N15O18. The van der Waals surface area contributed by atoms with Gasteiger partial charge in [-0.15, -0.1) is 24.8 Å². The Labute approximate surface area is 857 Å². The third kappa shape index (κ3) is 48.4. The lowest BCUT2D eigenvalue weighted by Gasteiger charge is -2.41. The van der Waals surface area contributed by atoms with Crippen molar-refractivity contribution in [1.29, 1.82) is 15.8 Å². The summed E-state index contributed by atoms with van der Waals surface area (Å²) < 4.78 is 35.6. The van der Waals surface area contributed by atoms with Gasteiger partial charge in [-0.05, 0) is 238 Å². The molecule has 0 aliphatic carbocycles. The lowest BCUT2D eigenvalue weighted by Crippen LogP contribution is -2.54. The molecule has 142 heavy (non-hydrogen) atoms. The molecule has 6 saturated heterocycles. The molecule has 6 aliphatic heterocycles. The number of nitrogens with zero attached hydrogens (tertiary/aromatic N) is 11. The van der Waals surface area contributed by atoms with Gasteiger partial charge in [0.15, 0.2) is 0 Å². The summed E-state index contributed by atoms with van der Waals surface area (Å²) in [5.41, 5.74) is 4.93. The summed E-state index contributed by atoms with van der Waals surface area (Å²) in [6, 6.07) is 52.0. The SMILES string of the molecule is CN[C@H]1CN(C(=O)CC#N)CC[C@H]1C.CN[C@H]1CN(Cc2ccccc2)CC[C@H]1C.CN[C@H]1CN(Cc2ccccc2)CC[C@H]1C.C[C@@H]1CCN(C(=O)CC#N)C[C@@H]1N(C)C(=O)OC(C)(C)C.C[C@@H]1CCN(Cc2ccccc2)C[C@@H]1N(C)C(=O)OC(C)(C)C.C[C@@H]1CCNC[C@@H]1N(C)C(=O)OC(C)(C)C.Cc1ccc(C(=O)O[C@@H](OC=O)[C@H](OC=O)OC(=O)c2ccc(C)cc2)cc1.Cl.Cl.N#CCC(=O)O. The number of aliphatic carboxylic acids is 1. The van der Waals surface area contributed by atoms with Crippen molar-refractivity contribution in [3.63, 3.8) is 0 Å². The fourth-order valence-corrected chi connectivity index (χ4v) is 16.5. The van der Waals surface area contributed by atoms with Gasteiger partial charge in [0.2, 0.25) is 11.8 Å². The van der Waals surface area contributed by atoms with E-state index in [0.29, 0.717) is 49.0 Å². The molecule has 5 aromatic carbocycles. The summed E-state index contributed by atoms with van der Waals surface area (Å²) in [7, 11) is 11.5. The van der Waals surface area contributed by atoms with Crippen molar-refractivity contribution in [2.45, 2.75) is 261 Å². The topological polar surface area (TPSA) is 401 Å². The van der Waals surface area contributed by atoms with E-state index in [1.165, 1.54) is 86.0 Å². The number of halogens is 2. The van der Waals surface area contributed by atoms with Gasteiger partial charge in [-0.25, -0.2) is 24.0 Å². The van der Waals surface area contributed by atoms with E-state index in [0.717, 1.165) is 108 Å². The molecule has 35 heteroatoms. The van der Waals surface area contributed by atoms with Crippen LogP contribution in [-0.2, 0) is 76.8 Å². The minimum Gasteiger partial charge on any atom is -0.480 e. The molecule has 788 valence electrons. The normalized spacial score (nSPS) is 21.4. The number of hydrogen-bond donors (Lipinski definition) is 5. The molecule has 33 nitrogen and oxygen atoms in total. The number of ether oxygens (including phenoxy) is 7. The van der Waals surface area contributed by atoms with Crippen LogP contribution in [0.4, 0.5) is 14.4 Å². The smallest absolute Gasteiger partial charge is 0.410 e. The number of likely N-dealkylation sites (N-methyl/N-ethyl adjacent to an activating group) is 6. The van der Waals surface area contributed by atoms with E-state index in [1.54, 1.807) is 55.8 Å². The standard InChI is InChI=1S/C20H18O8.C19H30N2O2.C15H25N3O3.2C14H22N2.C12H24N2O2.C10H17N3O.C3H3NO2.2ClH/c1-13-3-7-15(8-4-13)17(23)27-19(25-11-21)20(26-12-22)28-18(24)16-9-5-14(2)6-10-16;1-15-11-12-21(13-16-9-7-6-8-10-16)14-17(15)20(5)18(22)23-19(2,3)4;1-11-7-9-18(13(19)6-8-16)10-12(11)17(5)14(20)21-15(2,3)4;2*1-12-8-9-16(11-14(12)15-2)10-13-6-4-3-5-7-13;1-9-6-7-13-8-10(9)14(5)11(15)16-12(2,3)4;1-8-4-6-13(7-9(8)12-2)10(14)3-5-11;4-2-1-3(5)6;;/h3-12,19-20H,1-2H3;6-10,15,17H,11-14H2,1-5H3;11-12H,6-7,9-10H2,1-5H3;2*3-7,12,14-15H,8-11H2,1-2H3;9-10,13H,6-8H2,1-5H3;8-9,12H,3-4,6-7H2,1-2H3;1H2,(H,5,6);2*1H/t19-,20-;15-,17+;11-,12+;2*12-,14+;9-,10+;8-,9+;;;/m1111111.../s1. The maximum absolute atomic E-state index is 12.4. The number of carboxylic acid groups (broad SMARTS) is 1. The number of amides is 5. The molecule has 5 aromatic rings. The van der Waals surface area contributed by atoms with Crippen molar-refractivity contribution < 1.29 is 86.2 Å². The zero-order valence-corrected chi connectivity index (χ0v) is 89.7. The van der Waals surface area contributed by atoms with Gasteiger partial charge in [-0.2, -0.15) is 15.8 Å². The molecule has 0 unspecified atom stereocenters. The second-order valence-corrected chi connectivity index (χ2v) is 39.9. The van der Waals surface area contributed by atoms with E-state index in [2.05, 4.69) is 186 Å². The number of nitrogens with one attached hydrogen (secondary N) is 4. The maximum atomic E-state index is 12.4. The van der Waals surface area contributed by atoms with Crippen LogP contribution in [-0.4, -0.2) is 292 Å². The van der Waals surface area contributed by atoms with Gasteiger partial charge in [-0.3, -0.25) is 38.7 Å². The highest BCUT2D eigenvalue weighted by atomic mass is 35.5. The molecule has 6 heterocycles. The third-order valence-electron chi connectivity index (χ3n) is 25.2. The minimum atomic E-state index is -1.79. The Morgan fingerprint density at radius 1 is 0.423 bits per heavy atom. The lowest BCUT2D eigenvalue weighted by atomic mass is 9.92. The molecule has 11 rings (SSSR count). The van der Waals surface area contributed by atoms with Gasteiger partial charge in [0, 0.05) is 117 Å². The van der Waals surface area contributed by atoms with E-state index in [9.17, 15) is 47.9 Å². The molecule has 0 saturated carbocycles. The van der Waals surface area contributed by atoms with Gasteiger partial charge in [0.1, 0.15) is 36.1 Å². The number of carboxylic acids is 1. The molecular weight excluding hydrogens is 1850 g/mol. The second-order valence-electron chi connectivity index (χ2n) is 39.9. The maximum Gasteiger partial charge on any atom is 0.410 e. The molecule has 5 N–H and O–H groups in total. The minimum absolute atomic E-state index is 0. The predicted octanol–water partition coefficient (Wildman–Crippen LogP) is 15.4. The van der Waals surface area contributed by atoms with E-state index in [1.807, 2.05) is 116 Å². The highest BCUT2D eigenvalue weighted by Crippen LogP contribution is 2.29. The second kappa shape index (κ2) is 66.0. The largest absolute Gasteiger partial charge is 0.480 e. The van der Waals surface area contributed by atoms with Crippen LogP contribution in [0.5, 0.6) is 0 Å². The number of benzene rings is 5. The Morgan fingerprint density at radius 3 is 1.03 bits per heavy atom. The number of aryl methyl sites for hydroxylation is 2. The Bertz CT molecular complexity index is 4530. The van der Waals surface area contributed by atoms with Crippen LogP contribution in [0.15, 0.2) is 140 Å². The number of likely N-dealkylation sites (tertiary alicyclic amines) is 5. The van der Waals surface area contributed by atoms with Gasteiger partial charge in [-0.1, -0.05) is 168 Å². The summed E-state index contributed by atoms with van der Waals surface area (Å²) in [5.74, 6) is 0.492. The van der Waals surface area contributed by atoms with Crippen LogP contribution >= 0.6 is 24.8 Å². The summed E-state index contributed by atoms with van der Waals surface area (Å²) in [4.78, 5) is 131. The van der Waals surface area contributed by atoms with E-state index in [-0.39, 0.29) is 116 Å². The number of esters is 2. The van der Waals surface area contributed by atoms with Crippen molar-refractivity contribution in [2.24, 2.45) is 35.5 Å². The van der Waals surface area contributed by atoms with E-state index in [4.69, 9.17) is 44.6 Å². The monoisotopic (exact) mass is 2020 g/mol. The Balaban J connectivity index is 0.000000559. The average Bonchev–Trinajstić information content (AvgIpc) is 0.825. The summed E-state index contributed by atoms with van der Waals surface area (Å²) >= 11 is 0. The summed E-state index contributed by atoms with van der Waals surface area (Å²) in [5, 5.41) is 45.7. The van der Waals surface area contributed by atoms with Crippen LogP contribution < -0.4 is 21.3 Å². The van der Waals surface area contributed by atoms with Crippen molar-refractivity contribution >= 4 is 85.8 Å². The molecule has 0 aromatic heterocycles. The zero-order valence-electron chi connectivity index (χ0n) is 88.1. The van der Waals surface area contributed by atoms with Gasteiger partial charge in [0.25, 0.3) is 12.9 Å². The molecule has 6 aliphatic rings. The summed E-state index contributed by atoms with van der Waals surface area (Å²) in [6.07, 6.45) is 1.73. The number of hydrogen-bond acceptors (Lipinski definition) is 27. The van der Waals surface area contributed by atoms with Crippen LogP contribution in [0, 0.1) is 83.3 Å². The number of rotatable bonds is 24. The molecule has 0 spiro atoms. The first-order valence-electron chi connectivity index (χ1n) is 48.7. The van der Waals surface area contributed by atoms with Gasteiger partial charge < -0.3 is 84.0 Å².